The van der Waals surface area contributed by atoms with Gasteiger partial charge in [0.2, 0.25) is 0 Å². The number of fused-ring (bicyclic) bond motifs is 5. The van der Waals surface area contributed by atoms with E-state index in [1.807, 2.05) is 6.92 Å². The number of aliphatic hydroxyl groups excluding tert-OH is 1. The number of cyclic esters (lactones) is 1. The van der Waals surface area contributed by atoms with Crippen LogP contribution in [0.5, 0.6) is 0 Å². The van der Waals surface area contributed by atoms with Gasteiger partial charge in [0, 0.05) is 33.6 Å². The Labute approximate surface area is 210 Å². The number of carbonyl (C=O) groups is 1. The third-order valence-corrected chi connectivity index (χ3v) is 8.15. The number of nitrogens with zero attached hydrogens (tertiary/aromatic N) is 2. The molecule has 4 heterocycles. The van der Waals surface area contributed by atoms with Crippen molar-refractivity contribution in [3.05, 3.63) is 61.9 Å². The summed E-state index contributed by atoms with van der Waals surface area (Å²) in [5, 5.41) is 20.9. The molecule has 0 saturated heterocycles. The molecule has 2 aliphatic heterocycles. The first-order chi connectivity index (χ1) is 17.6. The topological polar surface area (TPSA) is 111 Å². The second-order valence-corrected chi connectivity index (χ2v) is 10.3. The fraction of sp³-hybridized carbons (Fsp3) is 0.444. The van der Waals surface area contributed by atoms with Gasteiger partial charge >= 0.3 is 5.97 Å². The van der Waals surface area contributed by atoms with Crippen molar-refractivity contribution in [3.63, 3.8) is 0 Å². The molecule has 2 N–H and O–H groups in total. The van der Waals surface area contributed by atoms with Gasteiger partial charge in [-0.05, 0) is 30.9 Å². The normalized spacial score (nSPS) is 23.6. The van der Waals surface area contributed by atoms with Gasteiger partial charge in [-0.25, -0.2) is 18.6 Å². The van der Waals surface area contributed by atoms with Crippen LogP contribution in [0.1, 0.15) is 54.5 Å². The number of aliphatic hydroxyl groups is 2. The average molecular weight is 513 g/mol. The second kappa shape index (κ2) is 8.14. The van der Waals surface area contributed by atoms with E-state index in [-0.39, 0.29) is 68.0 Å². The van der Waals surface area contributed by atoms with E-state index in [1.54, 1.807) is 13.0 Å². The average Bonchev–Trinajstić information content (AvgIpc) is 3.24. The molecule has 6 rings (SSSR count). The van der Waals surface area contributed by atoms with Crippen molar-refractivity contribution in [2.75, 3.05) is 19.8 Å². The Morgan fingerprint density at radius 1 is 1.22 bits per heavy atom. The highest BCUT2D eigenvalue weighted by Gasteiger charge is 2.46. The Morgan fingerprint density at radius 2 is 2.00 bits per heavy atom. The predicted octanol–water partition coefficient (Wildman–Crippen LogP) is 2.57. The Kier molecular flexibility index (Phi) is 5.31. The maximum Gasteiger partial charge on any atom is 0.343 e. The number of halogens is 2. The number of ether oxygens (including phenoxy) is 2. The van der Waals surface area contributed by atoms with Gasteiger partial charge in [-0.2, -0.15) is 0 Å². The largest absolute Gasteiger partial charge is 0.458 e. The van der Waals surface area contributed by atoms with Crippen LogP contribution in [0.4, 0.5) is 8.78 Å². The molecule has 1 aliphatic carbocycles. The van der Waals surface area contributed by atoms with Crippen LogP contribution in [0, 0.1) is 11.6 Å². The van der Waals surface area contributed by atoms with E-state index < -0.39 is 34.2 Å². The Bertz CT molecular complexity index is 1570. The lowest BCUT2D eigenvalue weighted by Crippen LogP contribution is -2.44. The number of aromatic nitrogens is 2. The van der Waals surface area contributed by atoms with Gasteiger partial charge < -0.3 is 24.3 Å². The summed E-state index contributed by atoms with van der Waals surface area (Å²) in [4.78, 5) is 30.8. The summed E-state index contributed by atoms with van der Waals surface area (Å²) in [5.74, 6) is -2.71. The van der Waals surface area contributed by atoms with Gasteiger partial charge in [0.15, 0.2) is 17.2 Å². The summed E-state index contributed by atoms with van der Waals surface area (Å²) in [6.07, 6.45) is 0.771. The summed E-state index contributed by atoms with van der Waals surface area (Å²) in [6.45, 7) is 3.71. The molecule has 3 aromatic rings. The zero-order valence-corrected chi connectivity index (χ0v) is 20.5. The van der Waals surface area contributed by atoms with Gasteiger partial charge in [-0.3, -0.25) is 4.79 Å². The lowest BCUT2D eigenvalue weighted by molar-refractivity contribution is -0.172. The summed E-state index contributed by atoms with van der Waals surface area (Å²) in [6, 6.07) is 2.67. The molecule has 0 amide bonds. The van der Waals surface area contributed by atoms with Crippen molar-refractivity contribution in [2.24, 2.45) is 0 Å². The summed E-state index contributed by atoms with van der Waals surface area (Å²) < 4.78 is 41.9. The number of rotatable bonds is 5. The molecule has 0 spiro atoms. The number of benzene rings is 1. The highest BCUT2D eigenvalue weighted by Crippen LogP contribution is 2.48. The maximum atomic E-state index is 15.0. The number of aryl methyl sites for hydroxylation is 1. The van der Waals surface area contributed by atoms with Crippen molar-refractivity contribution in [2.45, 2.75) is 57.3 Å². The molecule has 37 heavy (non-hydrogen) atoms. The number of carbonyl (C=O) groups excluding carboxylic acids is 1. The minimum absolute atomic E-state index is 0.0130. The molecule has 1 aromatic carbocycles. The molecule has 0 radical (unpaired) electrons. The highest BCUT2D eigenvalue weighted by molar-refractivity contribution is 5.93. The molecule has 8 nitrogen and oxygen atoms in total. The van der Waals surface area contributed by atoms with E-state index in [9.17, 15) is 28.6 Å². The number of pyridine rings is 2. The fourth-order valence-corrected chi connectivity index (χ4v) is 6.20. The van der Waals surface area contributed by atoms with Crippen LogP contribution in [0.3, 0.4) is 0 Å². The van der Waals surface area contributed by atoms with Gasteiger partial charge in [0.05, 0.1) is 48.8 Å². The first kappa shape index (κ1) is 24.1. The highest BCUT2D eigenvalue weighted by atomic mass is 19.2. The smallest absolute Gasteiger partial charge is 0.343 e. The maximum absolute atomic E-state index is 15.0. The second-order valence-electron chi connectivity index (χ2n) is 10.3. The predicted molar refractivity (Wildman–Crippen MR) is 128 cm³/mol. The van der Waals surface area contributed by atoms with Crippen LogP contribution in [0.2, 0.25) is 0 Å². The Hall–Kier alpha value is -3.21. The monoisotopic (exact) mass is 512 g/mol. The van der Waals surface area contributed by atoms with Crippen molar-refractivity contribution in [1.82, 2.24) is 9.55 Å². The molecular weight excluding hydrogens is 486 g/mol. The molecule has 0 saturated carbocycles. The van der Waals surface area contributed by atoms with Gasteiger partial charge in [-0.1, -0.05) is 13.8 Å². The van der Waals surface area contributed by atoms with E-state index in [4.69, 9.17) is 14.5 Å². The SMILES string of the molecule is CC[C@@]1(O)C(=O)OCc2c1cc1n(c2=O)Cc2c-1nc1cc(F)c(F)c3c1c2[C@@](C)(COCCO)CC3. The standard InChI is InChI=1S/C27H26F2N2O6/c1-3-27(35)16-8-19-23-14(10-31(19)24(33)15(16)11-37-25(27)34)21-20-13(22(29)17(28)9-18(20)30-23)4-5-26(21,2)12-36-7-6-32/h8-9,32,35H,3-7,10-12H2,1-2H3/t26-,27+/m1/s1. The van der Waals surface area contributed by atoms with E-state index >= 15 is 0 Å². The fourth-order valence-electron chi connectivity index (χ4n) is 6.20. The molecule has 0 unspecified atom stereocenters. The quantitative estimate of drug-likeness (QED) is 0.312. The van der Waals surface area contributed by atoms with Crippen LogP contribution in [0.15, 0.2) is 16.9 Å². The van der Waals surface area contributed by atoms with Crippen molar-refractivity contribution in [3.8, 4) is 11.4 Å². The summed E-state index contributed by atoms with van der Waals surface area (Å²) >= 11 is 0. The van der Waals surface area contributed by atoms with Crippen molar-refractivity contribution >= 4 is 16.9 Å². The van der Waals surface area contributed by atoms with E-state index in [0.717, 1.165) is 11.6 Å². The van der Waals surface area contributed by atoms with E-state index in [1.165, 1.54) is 4.57 Å². The van der Waals surface area contributed by atoms with Gasteiger partial charge in [0.1, 0.15) is 6.61 Å². The lowest BCUT2D eigenvalue weighted by atomic mass is 9.69. The van der Waals surface area contributed by atoms with Crippen LogP contribution in [0.25, 0.3) is 22.3 Å². The third-order valence-electron chi connectivity index (χ3n) is 8.15. The molecule has 0 bridgehead atoms. The molecule has 10 heteroatoms. The van der Waals surface area contributed by atoms with E-state index in [0.29, 0.717) is 28.8 Å². The van der Waals surface area contributed by atoms with Crippen molar-refractivity contribution in [1.29, 1.82) is 0 Å². The van der Waals surface area contributed by atoms with Crippen LogP contribution < -0.4 is 5.56 Å². The first-order valence-corrected chi connectivity index (χ1v) is 12.3. The van der Waals surface area contributed by atoms with Crippen LogP contribution in [-0.4, -0.2) is 45.6 Å². The minimum atomic E-state index is -1.97. The van der Waals surface area contributed by atoms with Crippen molar-refractivity contribution < 1.29 is 33.3 Å². The molecule has 2 atom stereocenters. The Balaban J connectivity index is 1.66. The number of esters is 1. The molecule has 3 aliphatic rings. The molecule has 2 aromatic heterocycles. The van der Waals surface area contributed by atoms with Crippen LogP contribution in [-0.2, 0) is 44.9 Å². The zero-order valence-electron chi connectivity index (χ0n) is 20.5. The Morgan fingerprint density at radius 3 is 2.73 bits per heavy atom. The first-order valence-electron chi connectivity index (χ1n) is 12.3. The lowest BCUT2D eigenvalue weighted by Gasteiger charge is -2.37. The number of hydrogen-bond donors (Lipinski definition) is 2. The van der Waals surface area contributed by atoms with E-state index in [2.05, 4.69) is 0 Å². The molecule has 194 valence electrons. The van der Waals surface area contributed by atoms with Gasteiger partial charge in [0.25, 0.3) is 5.56 Å². The summed E-state index contributed by atoms with van der Waals surface area (Å²) in [7, 11) is 0. The van der Waals surface area contributed by atoms with Crippen LogP contribution >= 0.6 is 0 Å². The number of hydrogen-bond acceptors (Lipinski definition) is 7. The molecular formula is C27H26F2N2O6. The van der Waals surface area contributed by atoms with Gasteiger partial charge in [-0.15, -0.1) is 0 Å². The zero-order chi connectivity index (χ0) is 26.3. The third kappa shape index (κ3) is 3.19. The minimum Gasteiger partial charge on any atom is -0.458 e. The molecule has 0 fully saturated rings. The summed E-state index contributed by atoms with van der Waals surface area (Å²) in [5.41, 5.74) is 0.162.